The SMILES string of the molecule is CC(C)(C)OC(=O)N1CCN(CCNCc2ccc(I)o2)CC1. The zero-order valence-corrected chi connectivity index (χ0v) is 16.3. The third-order valence-corrected chi connectivity index (χ3v) is 4.14. The summed E-state index contributed by atoms with van der Waals surface area (Å²) in [5.74, 6) is 0.962. The summed E-state index contributed by atoms with van der Waals surface area (Å²) in [5.41, 5.74) is -0.429. The Balaban J connectivity index is 1.60. The number of nitrogens with one attached hydrogen (secondary N) is 1. The number of rotatable bonds is 5. The Morgan fingerprint density at radius 3 is 2.57 bits per heavy atom. The lowest BCUT2D eigenvalue weighted by Gasteiger charge is -2.35. The van der Waals surface area contributed by atoms with Crippen molar-refractivity contribution in [2.75, 3.05) is 39.3 Å². The summed E-state index contributed by atoms with van der Waals surface area (Å²) in [5, 5.41) is 3.38. The second-order valence-corrected chi connectivity index (χ2v) is 7.75. The molecule has 130 valence electrons. The zero-order chi connectivity index (χ0) is 16.9. The molecule has 1 saturated heterocycles. The lowest BCUT2D eigenvalue weighted by Crippen LogP contribution is -2.51. The summed E-state index contributed by atoms with van der Waals surface area (Å²) in [6.07, 6.45) is -0.206. The summed E-state index contributed by atoms with van der Waals surface area (Å²) in [6.45, 7) is 11.5. The highest BCUT2D eigenvalue weighted by atomic mass is 127. The Kier molecular flexibility index (Phi) is 6.72. The van der Waals surface area contributed by atoms with Crippen LogP contribution < -0.4 is 5.32 Å². The first-order valence-corrected chi connectivity index (χ1v) is 9.06. The topological polar surface area (TPSA) is 58.0 Å². The summed E-state index contributed by atoms with van der Waals surface area (Å²) >= 11 is 2.17. The lowest BCUT2D eigenvalue weighted by molar-refractivity contribution is 0.0146. The number of nitrogens with zero attached hydrogens (tertiary/aromatic N) is 2. The van der Waals surface area contributed by atoms with Crippen molar-refractivity contribution in [2.24, 2.45) is 0 Å². The van der Waals surface area contributed by atoms with Gasteiger partial charge in [0, 0.05) is 39.3 Å². The first-order valence-electron chi connectivity index (χ1n) is 7.99. The molecule has 0 aromatic carbocycles. The van der Waals surface area contributed by atoms with Crippen molar-refractivity contribution in [3.05, 3.63) is 21.7 Å². The van der Waals surface area contributed by atoms with Crippen LogP contribution in [0.4, 0.5) is 4.79 Å². The van der Waals surface area contributed by atoms with E-state index in [9.17, 15) is 4.79 Å². The Morgan fingerprint density at radius 1 is 1.30 bits per heavy atom. The molecule has 0 atom stereocenters. The maximum atomic E-state index is 12.0. The van der Waals surface area contributed by atoms with Crippen molar-refractivity contribution in [3.63, 3.8) is 0 Å². The van der Waals surface area contributed by atoms with Crippen LogP contribution in [-0.4, -0.2) is 60.8 Å². The fourth-order valence-corrected chi connectivity index (χ4v) is 2.84. The molecule has 2 rings (SSSR count). The smallest absolute Gasteiger partial charge is 0.410 e. The van der Waals surface area contributed by atoms with E-state index in [2.05, 4.69) is 32.8 Å². The predicted octanol–water partition coefficient (Wildman–Crippen LogP) is 2.53. The van der Waals surface area contributed by atoms with E-state index in [0.29, 0.717) is 0 Å². The van der Waals surface area contributed by atoms with Gasteiger partial charge < -0.3 is 19.4 Å². The molecule has 1 amide bonds. The maximum Gasteiger partial charge on any atom is 0.410 e. The number of halogens is 1. The molecule has 0 bridgehead atoms. The molecule has 0 saturated carbocycles. The first-order chi connectivity index (χ1) is 10.8. The minimum Gasteiger partial charge on any atom is -0.454 e. The second kappa shape index (κ2) is 8.34. The van der Waals surface area contributed by atoms with Gasteiger partial charge in [0.15, 0.2) is 3.77 Å². The van der Waals surface area contributed by atoms with E-state index in [1.807, 2.05) is 32.9 Å². The van der Waals surface area contributed by atoms with Crippen LogP contribution in [0.25, 0.3) is 0 Å². The highest BCUT2D eigenvalue weighted by Gasteiger charge is 2.25. The van der Waals surface area contributed by atoms with Gasteiger partial charge >= 0.3 is 6.09 Å². The van der Waals surface area contributed by atoms with Crippen LogP contribution >= 0.6 is 22.6 Å². The largest absolute Gasteiger partial charge is 0.454 e. The Hall–Kier alpha value is -0.800. The Morgan fingerprint density at radius 2 is 2.00 bits per heavy atom. The quantitative estimate of drug-likeness (QED) is 0.569. The van der Waals surface area contributed by atoms with Crippen molar-refractivity contribution in [3.8, 4) is 0 Å². The van der Waals surface area contributed by atoms with Crippen LogP contribution in [0.15, 0.2) is 16.5 Å². The van der Waals surface area contributed by atoms with Crippen LogP contribution in [0, 0.1) is 3.77 Å². The molecule has 6 nitrogen and oxygen atoms in total. The normalized spacial score (nSPS) is 16.6. The molecule has 0 spiro atoms. The number of hydrogen-bond acceptors (Lipinski definition) is 5. The lowest BCUT2D eigenvalue weighted by atomic mass is 10.2. The number of hydrogen-bond donors (Lipinski definition) is 1. The zero-order valence-electron chi connectivity index (χ0n) is 14.1. The van der Waals surface area contributed by atoms with Crippen molar-refractivity contribution in [1.82, 2.24) is 15.1 Å². The molecular formula is C16H26IN3O3. The fourth-order valence-electron chi connectivity index (χ4n) is 2.38. The predicted molar refractivity (Wildman–Crippen MR) is 97.4 cm³/mol. The first kappa shape index (κ1) is 18.5. The molecule has 1 aliphatic rings. The Labute approximate surface area is 151 Å². The standard InChI is InChI=1S/C16H26IN3O3/c1-16(2,3)23-15(21)20-10-8-19(9-11-20)7-6-18-12-13-4-5-14(17)22-13/h4-5,18H,6-12H2,1-3H3. The third-order valence-electron chi connectivity index (χ3n) is 3.56. The monoisotopic (exact) mass is 435 g/mol. The summed E-state index contributed by atoms with van der Waals surface area (Å²) in [4.78, 5) is 16.2. The molecule has 1 fully saturated rings. The molecule has 0 unspecified atom stereocenters. The van der Waals surface area contributed by atoms with Gasteiger partial charge in [-0.1, -0.05) is 0 Å². The van der Waals surface area contributed by atoms with E-state index in [1.54, 1.807) is 4.90 Å². The van der Waals surface area contributed by atoms with Gasteiger partial charge in [0.05, 0.1) is 6.54 Å². The molecule has 2 heterocycles. The van der Waals surface area contributed by atoms with Gasteiger partial charge in [0.25, 0.3) is 0 Å². The van der Waals surface area contributed by atoms with E-state index < -0.39 is 5.60 Å². The van der Waals surface area contributed by atoms with Crippen molar-refractivity contribution < 1.29 is 13.9 Å². The number of amides is 1. The van der Waals surface area contributed by atoms with Crippen LogP contribution in [0.2, 0.25) is 0 Å². The van der Waals surface area contributed by atoms with E-state index in [1.165, 1.54) is 0 Å². The van der Waals surface area contributed by atoms with E-state index in [0.717, 1.165) is 55.3 Å². The number of carbonyl (C=O) groups excluding carboxylic acids is 1. The maximum absolute atomic E-state index is 12.0. The van der Waals surface area contributed by atoms with Crippen LogP contribution in [-0.2, 0) is 11.3 Å². The van der Waals surface area contributed by atoms with Crippen molar-refractivity contribution in [1.29, 1.82) is 0 Å². The van der Waals surface area contributed by atoms with Crippen molar-refractivity contribution in [2.45, 2.75) is 32.9 Å². The van der Waals surface area contributed by atoms with E-state index in [4.69, 9.17) is 9.15 Å². The molecule has 1 aliphatic heterocycles. The molecule has 0 radical (unpaired) electrons. The Bertz CT molecular complexity index is 505. The van der Waals surface area contributed by atoms with E-state index in [-0.39, 0.29) is 6.09 Å². The fraction of sp³-hybridized carbons (Fsp3) is 0.688. The van der Waals surface area contributed by atoms with Crippen LogP contribution in [0.3, 0.4) is 0 Å². The van der Waals surface area contributed by atoms with Gasteiger partial charge in [-0.3, -0.25) is 4.90 Å². The summed E-state index contributed by atoms with van der Waals surface area (Å²) in [6, 6.07) is 3.96. The van der Waals surface area contributed by atoms with Crippen LogP contribution in [0.1, 0.15) is 26.5 Å². The second-order valence-electron chi connectivity index (χ2n) is 6.69. The van der Waals surface area contributed by atoms with E-state index >= 15 is 0 Å². The van der Waals surface area contributed by atoms with Crippen molar-refractivity contribution >= 4 is 28.7 Å². The molecule has 0 aliphatic carbocycles. The summed E-state index contributed by atoms with van der Waals surface area (Å²) in [7, 11) is 0. The van der Waals surface area contributed by atoms with Gasteiger partial charge in [-0.25, -0.2) is 4.79 Å². The molecule has 23 heavy (non-hydrogen) atoms. The minimum absolute atomic E-state index is 0.206. The number of furan rings is 1. The van der Waals surface area contributed by atoms with Gasteiger partial charge in [0.1, 0.15) is 11.4 Å². The number of piperazine rings is 1. The van der Waals surface area contributed by atoms with Gasteiger partial charge in [-0.05, 0) is 55.5 Å². The minimum atomic E-state index is -0.429. The molecule has 7 heteroatoms. The highest BCUT2D eigenvalue weighted by Crippen LogP contribution is 2.12. The summed E-state index contributed by atoms with van der Waals surface area (Å²) < 4.78 is 11.8. The highest BCUT2D eigenvalue weighted by molar-refractivity contribution is 14.1. The number of carbonyl (C=O) groups is 1. The van der Waals surface area contributed by atoms with Crippen LogP contribution in [0.5, 0.6) is 0 Å². The molecule has 1 aromatic heterocycles. The molecular weight excluding hydrogens is 409 g/mol. The average molecular weight is 435 g/mol. The average Bonchev–Trinajstić information content (AvgIpc) is 2.88. The molecule has 1 aromatic rings. The van der Waals surface area contributed by atoms with Gasteiger partial charge in [0.2, 0.25) is 0 Å². The van der Waals surface area contributed by atoms with Gasteiger partial charge in [-0.15, -0.1) is 0 Å². The third kappa shape index (κ3) is 6.68. The molecule has 1 N–H and O–H groups in total. The van der Waals surface area contributed by atoms with Gasteiger partial charge in [-0.2, -0.15) is 0 Å². The number of ether oxygens (including phenoxy) is 1.